The van der Waals surface area contributed by atoms with Crippen LogP contribution in [0.1, 0.15) is 70.7 Å². The number of carbonyl (C=O) groups is 1. The van der Waals surface area contributed by atoms with E-state index in [1.807, 2.05) is 32.3 Å². The molecule has 4 rings (SSSR count). The zero-order valence-electron chi connectivity index (χ0n) is 21.1. The van der Waals surface area contributed by atoms with Crippen molar-refractivity contribution in [2.45, 2.75) is 72.3 Å². The number of pyridine rings is 2. The van der Waals surface area contributed by atoms with Crippen molar-refractivity contribution in [2.75, 3.05) is 18.6 Å². The van der Waals surface area contributed by atoms with Gasteiger partial charge in [-0.25, -0.2) is 4.98 Å². The molecule has 3 aromatic heterocycles. The molecular weight excluding hydrogens is 424 g/mol. The van der Waals surface area contributed by atoms with E-state index in [2.05, 4.69) is 35.5 Å². The Morgan fingerprint density at radius 2 is 1.94 bits per heavy atom. The van der Waals surface area contributed by atoms with Gasteiger partial charge in [0.15, 0.2) is 0 Å². The van der Waals surface area contributed by atoms with Crippen molar-refractivity contribution in [3.8, 4) is 5.75 Å². The number of hydrogen-bond acceptors (Lipinski definition) is 4. The molecule has 0 unspecified atom stereocenters. The van der Waals surface area contributed by atoms with Gasteiger partial charge in [0.2, 0.25) is 5.91 Å². The van der Waals surface area contributed by atoms with Gasteiger partial charge >= 0.3 is 0 Å². The van der Waals surface area contributed by atoms with E-state index < -0.39 is 0 Å². The Bertz CT molecular complexity index is 1100. The number of fused-ring (bicyclic) bond motifs is 1. The van der Waals surface area contributed by atoms with Crippen LogP contribution in [0.15, 0.2) is 36.7 Å². The summed E-state index contributed by atoms with van der Waals surface area (Å²) in [5.74, 6) is 1.94. The number of anilines is 1. The first-order valence-corrected chi connectivity index (χ1v) is 12.8. The highest BCUT2D eigenvalue weighted by atomic mass is 16.5. The molecule has 1 saturated carbocycles. The number of carbonyl (C=O) groups excluding carboxylic acids is 1. The third-order valence-corrected chi connectivity index (χ3v) is 6.79. The Labute approximate surface area is 203 Å². The summed E-state index contributed by atoms with van der Waals surface area (Å²) in [4.78, 5) is 23.8. The second kappa shape index (κ2) is 11.0. The summed E-state index contributed by atoms with van der Waals surface area (Å²) in [6.45, 7) is 7.75. The summed E-state index contributed by atoms with van der Waals surface area (Å²) >= 11 is 0. The van der Waals surface area contributed by atoms with Crippen LogP contribution in [0.4, 0.5) is 5.69 Å². The van der Waals surface area contributed by atoms with Gasteiger partial charge in [-0.3, -0.25) is 9.78 Å². The molecule has 0 N–H and O–H groups in total. The van der Waals surface area contributed by atoms with E-state index in [0.717, 1.165) is 41.1 Å². The van der Waals surface area contributed by atoms with Crippen LogP contribution in [0.5, 0.6) is 5.75 Å². The summed E-state index contributed by atoms with van der Waals surface area (Å²) in [6.07, 6.45) is 11.5. The normalized spacial score (nSPS) is 14.6. The van der Waals surface area contributed by atoms with E-state index in [1.54, 1.807) is 11.1 Å². The highest BCUT2D eigenvalue weighted by molar-refractivity contribution is 5.94. The Morgan fingerprint density at radius 3 is 2.62 bits per heavy atom. The zero-order chi connectivity index (χ0) is 24.1. The van der Waals surface area contributed by atoms with Crippen LogP contribution < -0.4 is 9.64 Å². The maximum absolute atomic E-state index is 12.6. The van der Waals surface area contributed by atoms with Crippen LogP contribution in [0, 0.1) is 11.8 Å². The molecule has 6 nitrogen and oxygen atoms in total. The van der Waals surface area contributed by atoms with Gasteiger partial charge < -0.3 is 14.2 Å². The number of ether oxygens (including phenoxy) is 1. The molecule has 0 aromatic carbocycles. The molecule has 0 bridgehead atoms. The molecule has 1 amide bonds. The first-order valence-electron chi connectivity index (χ1n) is 12.8. The topological polar surface area (TPSA) is 60.2 Å². The van der Waals surface area contributed by atoms with Gasteiger partial charge in [0, 0.05) is 43.2 Å². The van der Waals surface area contributed by atoms with Crippen molar-refractivity contribution in [1.82, 2.24) is 14.5 Å². The predicted octanol–water partition coefficient (Wildman–Crippen LogP) is 6.01. The van der Waals surface area contributed by atoms with Crippen LogP contribution in [0.3, 0.4) is 0 Å². The molecule has 0 saturated heterocycles. The van der Waals surface area contributed by atoms with Crippen molar-refractivity contribution in [3.63, 3.8) is 0 Å². The minimum atomic E-state index is 0.122. The summed E-state index contributed by atoms with van der Waals surface area (Å²) < 4.78 is 7.94. The van der Waals surface area contributed by atoms with Gasteiger partial charge in [0.05, 0.1) is 24.7 Å². The number of aromatic nitrogens is 3. The fraction of sp³-hybridized carbons (Fsp3) is 0.536. The highest BCUT2D eigenvalue weighted by Gasteiger charge is 2.20. The van der Waals surface area contributed by atoms with Crippen molar-refractivity contribution in [1.29, 1.82) is 0 Å². The quantitative estimate of drug-likeness (QED) is 0.391. The van der Waals surface area contributed by atoms with E-state index in [4.69, 9.17) is 9.72 Å². The smallest absolute Gasteiger partial charge is 0.227 e. The third-order valence-electron chi connectivity index (χ3n) is 6.79. The van der Waals surface area contributed by atoms with E-state index in [0.29, 0.717) is 24.9 Å². The van der Waals surface area contributed by atoms with Crippen LogP contribution in [0.25, 0.3) is 11.0 Å². The Morgan fingerprint density at radius 1 is 1.15 bits per heavy atom. The fourth-order valence-electron chi connectivity index (χ4n) is 4.93. The second-order valence-electron chi connectivity index (χ2n) is 10.0. The summed E-state index contributed by atoms with van der Waals surface area (Å²) in [5.41, 5.74) is 4.08. The highest BCUT2D eigenvalue weighted by Crippen LogP contribution is 2.30. The average molecular weight is 463 g/mol. The number of nitrogens with zero attached hydrogens (tertiary/aromatic N) is 4. The van der Waals surface area contributed by atoms with Gasteiger partial charge in [-0.05, 0) is 55.9 Å². The van der Waals surface area contributed by atoms with Gasteiger partial charge in [-0.15, -0.1) is 0 Å². The molecule has 6 heteroatoms. The molecule has 1 aliphatic carbocycles. The maximum atomic E-state index is 12.6. The van der Waals surface area contributed by atoms with Crippen molar-refractivity contribution in [2.24, 2.45) is 11.8 Å². The largest absolute Gasteiger partial charge is 0.492 e. The first-order chi connectivity index (χ1) is 16.4. The molecule has 0 aliphatic heterocycles. The van der Waals surface area contributed by atoms with E-state index in [1.165, 1.54) is 37.8 Å². The van der Waals surface area contributed by atoms with Gasteiger partial charge in [0.1, 0.15) is 11.4 Å². The molecule has 182 valence electrons. The Balaban J connectivity index is 1.65. The second-order valence-corrected chi connectivity index (χ2v) is 10.0. The fourth-order valence-corrected chi connectivity index (χ4v) is 4.93. The van der Waals surface area contributed by atoms with Gasteiger partial charge in [-0.1, -0.05) is 33.1 Å². The van der Waals surface area contributed by atoms with Crippen molar-refractivity contribution in [3.05, 3.63) is 48.0 Å². The molecular formula is C28H38N4O2. The predicted molar refractivity (Wildman–Crippen MR) is 137 cm³/mol. The van der Waals surface area contributed by atoms with Crippen molar-refractivity contribution < 1.29 is 9.53 Å². The molecule has 1 aliphatic rings. The van der Waals surface area contributed by atoms with E-state index in [-0.39, 0.29) is 5.91 Å². The lowest BCUT2D eigenvalue weighted by Crippen LogP contribution is -2.27. The molecule has 34 heavy (non-hydrogen) atoms. The van der Waals surface area contributed by atoms with Crippen LogP contribution in [-0.2, 0) is 17.8 Å². The summed E-state index contributed by atoms with van der Waals surface area (Å²) in [5, 5.41) is 1.08. The number of hydrogen-bond donors (Lipinski definition) is 0. The van der Waals surface area contributed by atoms with E-state index in [9.17, 15) is 4.79 Å². The van der Waals surface area contributed by atoms with Crippen LogP contribution >= 0.6 is 0 Å². The maximum Gasteiger partial charge on any atom is 0.227 e. The minimum Gasteiger partial charge on any atom is -0.492 e. The van der Waals surface area contributed by atoms with Crippen LogP contribution in [-0.4, -0.2) is 34.1 Å². The zero-order valence-corrected chi connectivity index (χ0v) is 21.1. The van der Waals surface area contributed by atoms with Gasteiger partial charge in [0.25, 0.3) is 0 Å². The number of rotatable bonds is 9. The third kappa shape index (κ3) is 5.78. The summed E-state index contributed by atoms with van der Waals surface area (Å²) in [7, 11) is 1.84. The van der Waals surface area contributed by atoms with Gasteiger partial charge in [-0.2, -0.15) is 0 Å². The Kier molecular flexibility index (Phi) is 7.86. The minimum absolute atomic E-state index is 0.122. The molecule has 3 aromatic rings. The Hall–Kier alpha value is -2.89. The lowest BCUT2D eigenvalue weighted by molar-refractivity contribution is -0.119. The first kappa shape index (κ1) is 24.2. The van der Waals surface area contributed by atoms with Crippen molar-refractivity contribution >= 4 is 22.6 Å². The van der Waals surface area contributed by atoms with Crippen LogP contribution in [0.2, 0.25) is 0 Å². The van der Waals surface area contributed by atoms with E-state index >= 15 is 0 Å². The SMILES string of the molecule is CCOc1ccc(Cc2cc3cc(N(C)C(=O)CC(C)C)cnc3n2CC2CCCCC2)nc1. The lowest BCUT2D eigenvalue weighted by Gasteiger charge is -2.23. The molecule has 1 fully saturated rings. The average Bonchev–Trinajstić information content (AvgIpc) is 3.16. The monoisotopic (exact) mass is 462 g/mol. The lowest BCUT2D eigenvalue weighted by atomic mass is 9.89. The molecule has 3 heterocycles. The standard InChI is InChI=1S/C28H38N4O2/c1-5-34-26-12-11-23(29-18-26)16-24-14-22-15-25(31(4)27(33)13-20(2)3)17-30-28(22)32(24)19-21-9-7-6-8-10-21/h11-12,14-15,17-18,20-21H,5-10,13,16,19H2,1-4H3. The molecule has 0 radical (unpaired) electrons. The summed E-state index contributed by atoms with van der Waals surface area (Å²) in [6, 6.07) is 8.37. The number of amides is 1. The molecule has 0 atom stereocenters. The molecule has 0 spiro atoms.